The number of sulfonamides is 1. The average Bonchev–Trinajstić information content (AvgIpc) is 2.81. The first-order chi connectivity index (χ1) is 15.8. The topological polar surface area (TPSA) is 114 Å². The molecule has 0 spiro atoms. The molecule has 2 heterocycles. The summed E-state index contributed by atoms with van der Waals surface area (Å²) >= 11 is 0. The van der Waals surface area contributed by atoms with Crippen molar-refractivity contribution in [1.29, 1.82) is 0 Å². The average molecular weight is 482 g/mol. The van der Waals surface area contributed by atoms with Crippen LogP contribution in [0.1, 0.15) is 52.4 Å². The standard InChI is InChI=1S/C23H35N3O6S/c1-17(2)23(28)26-12-9-18(10-13-26)25-22(27)6-4-3-5-11-24-33(29,30)19-7-8-20-21(16-19)32-15-14-31-20/h7-8,16-18,24H,3-6,9-15H2,1-2H3,(H,25,27). The predicted molar refractivity (Wildman–Crippen MR) is 124 cm³/mol. The van der Waals surface area contributed by atoms with Crippen LogP contribution in [-0.4, -0.2) is 64.0 Å². The first-order valence-corrected chi connectivity index (χ1v) is 13.2. The number of piperidine rings is 1. The molecule has 2 aliphatic heterocycles. The molecular weight excluding hydrogens is 446 g/mol. The second kappa shape index (κ2) is 11.7. The summed E-state index contributed by atoms with van der Waals surface area (Å²) in [5.41, 5.74) is 0. The minimum absolute atomic E-state index is 0.00206. The van der Waals surface area contributed by atoms with Crippen molar-refractivity contribution in [2.45, 2.75) is 63.3 Å². The van der Waals surface area contributed by atoms with Gasteiger partial charge in [0.1, 0.15) is 13.2 Å². The minimum atomic E-state index is -3.63. The van der Waals surface area contributed by atoms with Gasteiger partial charge in [-0.1, -0.05) is 20.3 Å². The Kier molecular flexibility index (Phi) is 8.96. The van der Waals surface area contributed by atoms with Crippen LogP contribution in [0.2, 0.25) is 0 Å². The van der Waals surface area contributed by atoms with Crippen molar-refractivity contribution in [3.63, 3.8) is 0 Å². The molecule has 1 fully saturated rings. The number of ether oxygens (including phenoxy) is 2. The maximum Gasteiger partial charge on any atom is 0.240 e. The number of hydrogen-bond donors (Lipinski definition) is 2. The van der Waals surface area contributed by atoms with Crippen LogP contribution >= 0.6 is 0 Å². The summed E-state index contributed by atoms with van der Waals surface area (Å²) in [6.45, 7) is 6.33. The lowest BCUT2D eigenvalue weighted by Crippen LogP contribution is -2.47. The molecule has 2 aliphatic rings. The number of carbonyl (C=O) groups excluding carboxylic acids is 2. The zero-order valence-corrected chi connectivity index (χ0v) is 20.3. The molecule has 0 aliphatic carbocycles. The van der Waals surface area contributed by atoms with Gasteiger partial charge in [0.15, 0.2) is 11.5 Å². The number of likely N-dealkylation sites (tertiary alicyclic amines) is 1. The highest BCUT2D eigenvalue weighted by Crippen LogP contribution is 2.32. The summed E-state index contributed by atoms with van der Waals surface area (Å²) in [6, 6.07) is 4.70. The molecule has 0 unspecified atom stereocenters. The molecule has 33 heavy (non-hydrogen) atoms. The predicted octanol–water partition coefficient (Wildman–Crippen LogP) is 2.06. The highest BCUT2D eigenvalue weighted by Gasteiger charge is 2.25. The van der Waals surface area contributed by atoms with Crippen molar-refractivity contribution in [2.24, 2.45) is 5.92 Å². The second-order valence-corrected chi connectivity index (χ2v) is 10.6. The number of benzene rings is 1. The maximum absolute atomic E-state index is 12.5. The quantitative estimate of drug-likeness (QED) is 0.495. The van der Waals surface area contributed by atoms with Crippen molar-refractivity contribution in [2.75, 3.05) is 32.8 Å². The van der Waals surface area contributed by atoms with E-state index in [-0.39, 0.29) is 28.7 Å². The van der Waals surface area contributed by atoms with E-state index in [4.69, 9.17) is 9.47 Å². The minimum Gasteiger partial charge on any atom is -0.486 e. The summed E-state index contributed by atoms with van der Waals surface area (Å²) < 4.78 is 38.4. The van der Waals surface area contributed by atoms with Crippen molar-refractivity contribution in [1.82, 2.24) is 14.9 Å². The van der Waals surface area contributed by atoms with Gasteiger partial charge in [-0.15, -0.1) is 0 Å². The van der Waals surface area contributed by atoms with Gasteiger partial charge < -0.3 is 19.7 Å². The van der Waals surface area contributed by atoms with Crippen LogP contribution in [0.3, 0.4) is 0 Å². The highest BCUT2D eigenvalue weighted by molar-refractivity contribution is 7.89. The Morgan fingerprint density at radius 3 is 2.45 bits per heavy atom. The van der Waals surface area contributed by atoms with Crippen LogP contribution in [0.5, 0.6) is 11.5 Å². The lowest BCUT2D eigenvalue weighted by atomic mass is 10.0. The lowest BCUT2D eigenvalue weighted by molar-refractivity contribution is -0.135. The highest BCUT2D eigenvalue weighted by atomic mass is 32.2. The number of rotatable bonds is 10. The van der Waals surface area contributed by atoms with Crippen molar-refractivity contribution < 1.29 is 27.5 Å². The van der Waals surface area contributed by atoms with Crippen LogP contribution in [0.25, 0.3) is 0 Å². The van der Waals surface area contributed by atoms with E-state index in [1.807, 2.05) is 18.7 Å². The van der Waals surface area contributed by atoms with Crippen LogP contribution < -0.4 is 19.5 Å². The molecule has 0 aromatic heterocycles. The number of fused-ring (bicyclic) bond motifs is 1. The number of nitrogens with zero attached hydrogens (tertiary/aromatic N) is 1. The first kappa shape index (κ1) is 25.3. The summed E-state index contributed by atoms with van der Waals surface area (Å²) in [7, 11) is -3.63. The number of amides is 2. The molecule has 9 nitrogen and oxygen atoms in total. The van der Waals surface area contributed by atoms with Gasteiger partial charge in [0.05, 0.1) is 4.90 Å². The molecule has 0 radical (unpaired) electrons. The Morgan fingerprint density at radius 1 is 1.06 bits per heavy atom. The monoisotopic (exact) mass is 481 g/mol. The Labute approximate surface area is 196 Å². The van der Waals surface area contributed by atoms with Gasteiger partial charge in [-0.25, -0.2) is 13.1 Å². The maximum atomic E-state index is 12.5. The molecule has 2 N–H and O–H groups in total. The summed E-state index contributed by atoms with van der Waals surface area (Å²) in [5, 5.41) is 3.06. The molecule has 184 valence electrons. The summed E-state index contributed by atoms with van der Waals surface area (Å²) in [6.07, 6.45) is 4.07. The van der Waals surface area contributed by atoms with E-state index in [1.54, 1.807) is 6.07 Å². The molecule has 1 saturated heterocycles. The summed E-state index contributed by atoms with van der Waals surface area (Å²) in [4.78, 5) is 26.3. The van der Waals surface area contributed by atoms with E-state index >= 15 is 0 Å². The fourth-order valence-electron chi connectivity index (χ4n) is 3.98. The third kappa shape index (κ3) is 7.33. The fourth-order valence-corrected chi connectivity index (χ4v) is 5.07. The van der Waals surface area contributed by atoms with E-state index in [1.165, 1.54) is 12.1 Å². The van der Waals surface area contributed by atoms with Crippen LogP contribution in [-0.2, 0) is 19.6 Å². The van der Waals surface area contributed by atoms with Gasteiger partial charge in [-0.05, 0) is 37.8 Å². The Bertz CT molecular complexity index is 926. The zero-order valence-electron chi connectivity index (χ0n) is 19.5. The van der Waals surface area contributed by atoms with Gasteiger partial charge in [0.2, 0.25) is 21.8 Å². The molecular formula is C23H35N3O6S. The Hall–Kier alpha value is -2.33. The van der Waals surface area contributed by atoms with Crippen LogP contribution in [0.15, 0.2) is 23.1 Å². The van der Waals surface area contributed by atoms with Gasteiger partial charge in [0, 0.05) is 44.1 Å². The van der Waals surface area contributed by atoms with E-state index in [2.05, 4.69) is 10.0 Å². The zero-order chi connectivity index (χ0) is 23.8. The number of hydrogen-bond acceptors (Lipinski definition) is 6. The normalized spacial score (nSPS) is 16.6. The smallest absolute Gasteiger partial charge is 0.240 e. The van der Waals surface area contributed by atoms with E-state index < -0.39 is 10.0 Å². The largest absolute Gasteiger partial charge is 0.486 e. The molecule has 0 atom stereocenters. The van der Waals surface area contributed by atoms with Crippen molar-refractivity contribution in [3.05, 3.63) is 18.2 Å². The molecule has 3 rings (SSSR count). The Morgan fingerprint density at radius 2 is 1.76 bits per heavy atom. The first-order valence-electron chi connectivity index (χ1n) is 11.7. The number of nitrogens with one attached hydrogen (secondary N) is 2. The SMILES string of the molecule is CC(C)C(=O)N1CCC(NC(=O)CCCCCNS(=O)(=O)c2ccc3c(c2)OCCO3)CC1. The molecule has 1 aromatic carbocycles. The van der Waals surface area contributed by atoms with E-state index in [9.17, 15) is 18.0 Å². The van der Waals surface area contributed by atoms with Crippen LogP contribution in [0, 0.1) is 5.92 Å². The van der Waals surface area contributed by atoms with Crippen LogP contribution in [0.4, 0.5) is 0 Å². The Balaban J connectivity index is 1.29. The molecule has 2 amide bonds. The van der Waals surface area contributed by atoms with Gasteiger partial charge in [-0.2, -0.15) is 0 Å². The van der Waals surface area contributed by atoms with Crippen molar-refractivity contribution >= 4 is 21.8 Å². The fraction of sp³-hybridized carbons (Fsp3) is 0.652. The third-order valence-electron chi connectivity index (χ3n) is 5.86. The molecule has 10 heteroatoms. The number of unbranched alkanes of at least 4 members (excludes halogenated alkanes) is 2. The van der Waals surface area contributed by atoms with E-state index in [0.717, 1.165) is 19.3 Å². The van der Waals surface area contributed by atoms with E-state index in [0.29, 0.717) is 63.6 Å². The third-order valence-corrected chi connectivity index (χ3v) is 7.32. The lowest BCUT2D eigenvalue weighted by Gasteiger charge is -2.33. The van der Waals surface area contributed by atoms with Gasteiger partial charge in [0.25, 0.3) is 0 Å². The van der Waals surface area contributed by atoms with Gasteiger partial charge in [-0.3, -0.25) is 9.59 Å². The molecule has 0 saturated carbocycles. The van der Waals surface area contributed by atoms with Gasteiger partial charge >= 0.3 is 0 Å². The molecule has 0 bridgehead atoms. The van der Waals surface area contributed by atoms with Crippen molar-refractivity contribution in [3.8, 4) is 11.5 Å². The number of carbonyl (C=O) groups is 2. The molecule has 1 aromatic rings. The second-order valence-electron chi connectivity index (χ2n) is 8.84. The summed E-state index contributed by atoms with van der Waals surface area (Å²) in [5.74, 6) is 1.17.